The van der Waals surface area contributed by atoms with Gasteiger partial charge in [0, 0.05) is 24.0 Å². The van der Waals surface area contributed by atoms with E-state index in [0.717, 1.165) is 42.3 Å². The summed E-state index contributed by atoms with van der Waals surface area (Å²) in [6.07, 6.45) is 2.34. The lowest BCUT2D eigenvalue weighted by atomic mass is 10.2. The predicted molar refractivity (Wildman–Crippen MR) is 115 cm³/mol. The van der Waals surface area contributed by atoms with Gasteiger partial charge in [-0.2, -0.15) is 0 Å². The second-order valence-corrected chi connectivity index (χ2v) is 7.60. The van der Waals surface area contributed by atoms with Gasteiger partial charge in [-0.3, -0.25) is 4.79 Å². The van der Waals surface area contributed by atoms with E-state index in [1.807, 2.05) is 48.5 Å². The average Bonchev–Trinajstić information content (AvgIpc) is 3.24. The molecule has 1 aliphatic rings. The van der Waals surface area contributed by atoms with Crippen LogP contribution in [0.4, 0.5) is 11.4 Å². The number of anilines is 2. The lowest BCUT2D eigenvalue weighted by Crippen LogP contribution is -2.21. The molecular formula is C23H30N2O4. The van der Waals surface area contributed by atoms with Gasteiger partial charge in [-0.15, -0.1) is 0 Å². The van der Waals surface area contributed by atoms with Crippen molar-refractivity contribution in [2.24, 2.45) is 5.92 Å². The van der Waals surface area contributed by atoms with Crippen molar-refractivity contribution in [2.75, 3.05) is 37.0 Å². The molecule has 2 aromatic rings. The van der Waals surface area contributed by atoms with Crippen molar-refractivity contribution in [3.05, 3.63) is 48.5 Å². The van der Waals surface area contributed by atoms with Gasteiger partial charge in [-0.25, -0.2) is 0 Å². The highest BCUT2D eigenvalue weighted by Crippen LogP contribution is 2.19. The normalized spacial score (nSPS) is 15.9. The molecule has 1 aliphatic heterocycles. The molecule has 0 aromatic heterocycles. The molecule has 1 heterocycles. The largest absolute Gasteiger partial charge is 0.493 e. The molecule has 0 radical (unpaired) electrons. The molecule has 6 nitrogen and oxygen atoms in total. The average molecular weight is 399 g/mol. The van der Waals surface area contributed by atoms with Gasteiger partial charge in [0.2, 0.25) is 5.91 Å². The highest BCUT2D eigenvalue weighted by Gasteiger charge is 2.15. The highest BCUT2D eigenvalue weighted by molar-refractivity contribution is 5.93. The van der Waals surface area contributed by atoms with Crippen LogP contribution in [0.2, 0.25) is 0 Å². The second kappa shape index (κ2) is 10.7. The van der Waals surface area contributed by atoms with Crippen LogP contribution in [0.25, 0.3) is 0 Å². The first-order chi connectivity index (χ1) is 14.1. The summed E-state index contributed by atoms with van der Waals surface area (Å²) in [5.41, 5.74) is 1.58. The Labute approximate surface area is 172 Å². The van der Waals surface area contributed by atoms with Gasteiger partial charge in [-0.1, -0.05) is 19.9 Å². The zero-order chi connectivity index (χ0) is 20.5. The fourth-order valence-electron chi connectivity index (χ4n) is 2.95. The number of carbonyl (C=O) groups is 1. The molecule has 3 rings (SSSR count). The van der Waals surface area contributed by atoms with Crippen molar-refractivity contribution >= 4 is 17.3 Å². The first-order valence-electron chi connectivity index (χ1n) is 10.2. The molecule has 29 heavy (non-hydrogen) atoms. The van der Waals surface area contributed by atoms with E-state index in [0.29, 0.717) is 19.1 Å². The monoisotopic (exact) mass is 398 g/mol. The first kappa shape index (κ1) is 21.0. The van der Waals surface area contributed by atoms with Crippen molar-refractivity contribution in [1.29, 1.82) is 0 Å². The van der Waals surface area contributed by atoms with Crippen LogP contribution >= 0.6 is 0 Å². The maximum Gasteiger partial charge on any atom is 0.243 e. The maximum atomic E-state index is 12.2. The third-order valence-electron chi connectivity index (χ3n) is 4.47. The van der Waals surface area contributed by atoms with E-state index in [9.17, 15) is 4.79 Å². The topological polar surface area (TPSA) is 68.8 Å². The number of ether oxygens (including phenoxy) is 3. The fourth-order valence-corrected chi connectivity index (χ4v) is 2.95. The standard InChI is InChI=1S/C23H30N2O4/c1-17(2)15-28-21-6-3-5-19(13-21)24-14-23(26)25-18-8-10-20(11-9-18)29-16-22-7-4-12-27-22/h3,5-6,8-11,13,17,22,24H,4,7,12,14-16H2,1-2H3,(H,25,26). The summed E-state index contributed by atoms with van der Waals surface area (Å²) >= 11 is 0. The van der Waals surface area contributed by atoms with Gasteiger partial charge in [0.25, 0.3) is 0 Å². The zero-order valence-corrected chi connectivity index (χ0v) is 17.1. The predicted octanol–water partition coefficient (Wildman–Crippen LogP) is 4.33. The zero-order valence-electron chi connectivity index (χ0n) is 17.1. The summed E-state index contributed by atoms with van der Waals surface area (Å²) in [6, 6.07) is 15.0. The summed E-state index contributed by atoms with van der Waals surface area (Å²) in [7, 11) is 0. The van der Waals surface area contributed by atoms with Crippen LogP contribution in [0.15, 0.2) is 48.5 Å². The van der Waals surface area contributed by atoms with Gasteiger partial charge < -0.3 is 24.8 Å². The number of nitrogens with one attached hydrogen (secondary N) is 2. The molecular weight excluding hydrogens is 368 g/mol. The summed E-state index contributed by atoms with van der Waals surface area (Å²) < 4.78 is 17.0. The molecule has 2 aromatic carbocycles. The molecule has 0 saturated carbocycles. The van der Waals surface area contributed by atoms with E-state index in [-0.39, 0.29) is 18.6 Å². The van der Waals surface area contributed by atoms with Crippen molar-refractivity contribution in [2.45, 2.75) is 32.8 Å². The first-order valence-corrected chi connectivity index (χ1v) is 10.2. The number of rotatable bonds is 10. The minimum absolute atomic E-state index is 0.119. The van der Waals surface area contributed by atoms with Crippen LogP contribution in [0.3, 0.4) is 0 Å². The molecule has 156 valence electrons. The highest BCUT2D eigenvalue weighted by atomic mass is 16.5. The van der Waals surface area contributed by atoms with Gasteiger partial charge in [0.1, 0.15) is 18.1 Å². The van der Waals surface area contributed by atoms with Crippen LogP contribution in [0.5, 0.6) is 11.5 Å². The van der Waals surface area contributed by atoms with Gasteiger partial charge >= 0.3 is 0 Å². The Morgan fingerprint density at radius 1 is 1.10 bits per heavy atom. The second-order valence-electron chi connectivity index (χ2n) is 7.60. The van der Waals surface area contributed by atoms with E-state index in [1.54, 1.807) is 0 Å². The Kier molecular flexibility index (Phi) is 7.76. The van der Waals surface area contributed by atoms with E-state index in [2.05, 4.69) is 24.5 Å². The Balaban J connectivity index is 1.41. The minimum atomic E-state index is -0.119. The summed E-state index contributed by atoms with van der Waals surface area (Å²) in [5.74, 6) is 1.91. The third kappa shape index (κ3) is 7.31. The SMILES string of the molecule is CC(C)COc1cccc(NCC(=O)Nc2ccc(OCC3CCCO3)cc2)c1. The summed E-state index contributed by atoms with van der Waals surface area (Å²) in [4.78, 5) is 12.2. The molecule has 0 aliphatic carbocycles. The Morgan fingerprint density at radius 2 is 1.93 bits per heavy atom. The summed E-state index contributed by atoms with van der Waals surface area (Å²) in [6.45, 7) is 6.43. The van der Waals surface area contributed by atoms with Crippen molar-refractivity contribution in [1.82, 2.24) is 0 Å². The minimum Gasteiger partial charge on any atom is -0.493 e. The van der Waals surface area contributed by atoms with Crippen molar-refractivity contribution < 1.29 is 19.0 Å². The molecule has 1 amide bonds. The molecule has 1 atom stereocenters. The van der Waals surface area contributed by atoms with Crippen LogP contribution in [0.1, 0.15) is 26.7 Å². The smallest absolute Gasteiger partial charge is 0.243 e. The quantitative estimate of drug-likeness (QED) is 0.623. The molecule has 0 bridgehead atoms. The van der Waals surface area contributed by atoms with E-state index in [4.69, 9.17) is 14.2 Å². The number of hydrogen-bond donors (Lipinski definition) is 2. The maximum absolute atomic E-state index is 12.2. The molecule has 6 heteroatoms. The van der Waals surface area contributed by atoms with Crippen LogP contribution in [-0.2, 0) is 9.53 Å². The Bertz CT molecular complexity index is 771. The molecule has 2 N–H and O–H groups in total. The van der Waals surface area contributed by atoms with E-state index in [1.165, 1.54) is 0 Å². The van der Waals surface area contributed by atoms with Crippen molar-refractivity contribution in [3.8, 4) is 11.5 Å². The molecule has 0 spiro atoms. The van der Waals surface area contributed by atoms with Gasteiger partial charge in [0.15, 0.2) is 0 Å². The van der Waals surface area contributed by atoms with Crippen LogP contribution in [-0.4, -0.2) is 38.4 Å². The lowest BCUT2D eigenvalue weighted by Gasteiger charge is -2.13. The van der Waals surface area contributed by atoms with Crippen LogP contribution < -0.4 is 20.1 Å². The Hall–Kier alpha value is -2.73. The molecule has 1 unspecified atom stereocenters. The number of amides is 1. The van der Waals surface area contributed by atoms with Gasteiger partial charge in [0.05, 0.1) is 19.3 Å². The van der Waals surface area contributed by atoms with Gasteiger partial charge in [-0.05, 0) is 55.2 Å². The van der Waals surface area contributed by atoms with E-state index >= 15 is 0 Å². The number of hydrogen-bond acceptors (Lipinski definition) is 5. The fraction of sp³-hybridized carbons (Fsp3) is 0.435. The molecule has 1 saturated heterocycles. The summed E-state index contributed by atoms with van der Waals surface area (Å²) in [5, 5.41) is 6.00. The Morgan fingerprint density at radius 3 is 2.66 bits per heavy atom. The third-order valence-corrected chi connectivity index (χ3v) is 4.47. The van der Waals surface area contributed by atoms with Crippen LogP contribution in [0, 0.1) is 5.92 Å². The lowest BCUT2D eigenvalue weighted by molar-refractivity contribution is -0.114. The molecule has 1 fully saturated rings. The number of benzene rings is 2. The van der Waals surface area contributed by atoms with E-state index < -0.39 is 0 Å². The number of carbonyl (C=O) groups excluding carboxylic acids is 1. The van der Waals surface area contributed by atoms with Crippen molar-refractivity contribution in [3.63, 3.8) is 0 Å².